The largest absolute Gasteiger partial charge is 0.508 e. The van der Waals surface area contributed by atoms with Gasteiger partial charge in [-0.05, 0) is 73.1 Å². The molecule has 0 aliphatic rings. The topological polar surface area (TPSA) is 104 Å². The van der Waals surface area contributed by atoms with Gasteiger partial charge in [-0.25, -0.2) is 0 Å². The maximum atomic E-state index is 12.0. The standard InChI is InChI=1S/C31H38O6S/c1-2-3-5-13-31(26-9-6-4-7-10-26)37-28-21-14-24(15-22-28)16-23-29(38(34,35)36)11-8-12-30(33)25-17-19-27(32)20-18-25/h4,6-10,12,14-15,17-22,29-33H,2-3,5,11,13,16,23H2,1H3,(H,34,35,36)/t29-,30+,31-/m0/s1. The van der Waals surface area contributed by atoms with Crippen LogP contribution in [0.2, 0.25) is 0 Å². The highest BCUT2D eigenvalue weighted by Gasteiger charge is 2.22. The van der Waals surface area contributed by atoms with Crippen LogP contribution in [0.1, 0.15) is 74.3 Å². The molecule has 7 heteroatoms. The molecule has 3 rings (SSSR count). The molecular weight excluding hydrogens is 500 g/mol. The molecule has 38 heavy (non-hydrogen) atoms. The van der Waals surface area contributed by atoms with E-state index in [2.05, 4.69) is 19.1 Å². The minimum Gasteiger partial charge on any atom is -0.508 e. The van der Waals surface area contributed by atoms with E-state index in [1.54, 1.807) is 18.2 Å². The summed E-state index contributed by atoms with van der Waals surface area (Å²) in [5, 5.41) is 18.6. The van der Waals surface area contributed by atoms with Crippen molar-refractivity contribution >= 4 is 10.1 Å². The van der Waals surface area contributed by atoms with Gasteiger partial charge in [-0.15, -0.1) is 0 Å². The van der Waals surface area contributed by atoms with Crippen LogP contribution in [0.3, 0.4) is 0 Å². The molecule has 0 unspecified atom stereocenters. The summed E-state index contributed by atoms with van der Waals surface area (Å²) in [6, 6.07) is 24.0. The Labute approximate surface area is 226 Å². The number of aliphatic hydroxyl groups excluding tert-OH is 1. The molecule has 3 atom stereocenters. The van der Waals surface area contributed by atoms with Gasteiger partial charge in [-0.3, -0.25) is 4.55 Å². The van der Waals surface area contributed by atoms with E-state index in [-0.39, 0.29) is 24.7 Å². The van der Waals surface area contributed by atoms with Crippen molar-refractivity contribution in [3.05, 3.63) is 108 Å². The Hall–Kier alpha value is -3.13. The zero-order valence-corrected chi connectivity index (χ0v) is 22.6. The number of aliphatic hydroxyl groups is 1. The number of phenols is 1. The van der Waals surface area contributed by atoms with Crippen molar-refractivity contribution in [1.29, 1.82) is 0 Å². The van der Waals surface area contributed by atoms with Crippen molar-refractivity contribution in [2.45, 2.75) is 69.3 Å². The maximum absolute atomic E-state index is 12.0. The Morgan fingerprint density at radius 2 is 1.55 bits per heavy atom. The van der Waals surface area contributed by atoms with E-state index in [0.29, 0.717) is 12.0 Å². The van der Waals surface area contributed by atoms with Crippen molar-refractivity contribution in [2.24, 2.45) is 0 Å². The molecule has 0 saturated carbocycles. The fourth-order valence-corrected chi connectivity index (χ4v) is 5.07. The monoisotopic (exact) mass is 538 g/mol. The lowest BCUT2D eigenvalue weighted by molar-refractivity contribution is 0.190. The summed E-state index contributed by atoms with van der Waals surface area (Å²) in [6.07, 6.45) is 7.20. The fourth-order valence-electron chi connectivity index (χ4n) is 4.30. The van der Waals surface area contributed by atoms with Gasteiger partial charge in [0.25, 0.3) is 10.1 Å². The summed E-state index contributed by atoms with van der Waals surface area (Å²) >= 11 is 0. The highest BCUT2D eigenvalue weighted by atomic mass is 32.2. The first-order valence-corrected chi connectivity index (χ1v) is 14.7. The molecule has 6 nitrogen and oxygen atoms in total. The van der Waals surface area contributed by atoms with Gasteiger partial charge in [0, 0.05) is 0 Å². The number of allylic oxidation sites excluding steroid dienone is 1. The van der Waals surface area contributed by atoms with Gasteiger partial charge in [0.2, 0.25) is 0 Å². The van der Waals surface area contributed by atoms with E-state index in [4.69, 9.17) is 4.74 Å². The molecule has 3 N–H and O–H groups in total. The first kappa shape index (κ1) is 29.4. The van der Waals surface area contributed by atoms with Crippen LogP contribution in [-0.2, 0) is 16.5 Å². The van der Waals surface area contributed by atoms with Crippen molar-refractivity contribution in [2.75, 3.05) is 0 Å². The second kappa shape index (κ2) is 14.7. The van der Waals surface area contributed by atoms with Gasteiger partial charge >= 0.3 is 0 Å². The van der Waals surface area contributed by atoms with Gasteiger partial charge in [0.05, 0.1) is 11.4 Å². The SMILES string of the molecule is CCCCC[C@H](Oc1ccc(CC[C@H](CC=C[C@@H](O)c2ccc(O)cc2)S(=O)(=O)O)cc1)c1ccccc1. The number of hydrogen-bond acceptors (Lipinski definition) is 5. The zero-order chi connectivity index (χ0) is 27.4. The fraction of sp³-hybridized carbons (Fsp3) is 0.355. The second-order valence-electron chi connectivity index (χ2n) is 9.53. The lowest BCUT2D eigenvalue weighted by Gasteiger charge is -2.20. The molecule has 0 saturated heterocycles. The smallest absolute Gasteiger partial charge is 0.268 e. The van der Waals surface area contributed by atoms with E-state index in [1.807, 2.05) is 42.5 Å². The predicted molar refractivity (Wildman–Crippen MR) is 151 cm³/mol. The predicted octanol–water partition coefficient (Wildman–Crippen LogP) is 6.96. The molecule has 0 aromatic heterocycles. The van der Waals surface area contributed by atoms with Crippen molar-refractivity contribution < 1.29 is 27.9 Å². The molecule has 204 valence electrons. The number of hydrogen-bond donors (Lipinski definition) is 3. The lowest BCUT2D eigenvalue weighted by Crippen LogP contribution is -2.20. The first-order chi connectivity index (χ1) is 18.3. The molecule has 0 spiro atoms. The average molecular weight is 539 g/mol. The van der Waals surface area contributed by atoms with Crippen molar-refractivity contribution in [3.63, 3.8) is 0 Å². The van der Waals surface area contributed by atoms with Gasteiger partial charge in [-0.1, -0.05) is 86.5 Å². The van der Waals surface area contributed by atoms with Gasteiger partial charge in [0.1, 0.15) is 17.6 Å². The summed E-state index contributed by atoms with van der Waals surface area (Å²) < 4.78 is 40.0. The van der Waals surface area contributed by atoms with Crippen LogP contribution in [0.15, 0.2) is 91.0 Å². The van der Waals surface area contributed by atoms with E-state index >= 15 is 0 Å². The molecule has 0 aliphatic heterocycles. The molecule has 0 aliphatic carbocycles. The van der Waals surface area contributed by atoms with Crippen LogP contribution in [0.25, 0.3) is 0 Å². The Morgan fingerprint density at radius 1 is 0.868 bits per heavy atom. The number of phenolic OH excluding ortho intramolecular Hbond substituents is 1. The maximum Gasteiger partial charge on any atom is 0.268 e. The van der Waals surface area contributed by atoms with Crippen molar-refractivity contribution in [1.82, 2.24) is 0 Å². The van der Waals surface area contributed by atoms with E-state index in [1.165, 1.54) is 18.2 Å². The third-order valence-corrected chi connectivity index (χ3v) is 7.84. The van der Waals surface area contributed by atoms with Crippen LogP contribution in [0, 0.1) is 0 Å². The Kier molecular flexibility index (Phi) is 11.4. The van der Waals surface area contributed by atoms with E-state index < -0.39 is 21.5 Å². The highest BCUT2D eigenvalue weighted by molar-refractivity contribution is 7.86. The number of aromatic hydroxyl groups is 1. The summed E-state index contributed by atoms with van der Waals surface area (Å²) in [7, 11) is -4.26. The lowest BCUT2D eigenvalue weighted by atomic mass is 10.0. The van der Waals surface area contributed by atoms with E-state index in [9.17, 15) is 23.2 Å². The summed E-state index contributed by atoms with van der Waals surface area (Å²) in [5.41, 5.74) is 2.67. The van der Waals surface area contributed by atoms with Crippen molar-refractivity contribution in [3.8, 4) is 11.5 Å². The van der Waals surface area contributed by atoms with Crippen LogP contribution in [-0.4, -0.2) is 28.4 Å². The molecule has 0 amide bonds. The van der Waals surface area contributed by atoms with Gasteiger partial charge < -0.3 is 14.9 Å². The molecule has 0 radical (unpaired) electrons. The molecule has 3 aromatic carbocycles. The summed E-state index contributed by atoms with van der Waals surface area (Å²) in [5.74, 6) is 0.857. The first-order valence-electron chi connectivity index (χ1n) is 13.2. The van der Waals surface area contributed by atoms with Crippen LogP contribution >= 0.6 is 0 Å². The van der Waals surface area contributed by atoms with Crippen LogP contribution in [0.4, 0.5) is 0 Å². The minimum atomic E-state index is -4.26. The van der Waals surface area contributed by atoms with Crippen LogP contribution < -0.4 is 4.74 Å². The Balaban J connectivity index is 1.57. The van der Waals surface area contributed by atoms with E-state index in [0.717, 1.165) is 42.6 Å². The number of benzene rings is 3. The normalized spacial score (nSPS) is 14.3. The summed E-state index contributed by atoms with van der Waals surface area (Å²) in [6.45, 7) is 2.18. The highest BCUT2D eigenvalue weighted by Crippen LogP contribution is 2.27. The quantitative estimate of drug-likeness (QED) is 0.110. The number of aryl methyl sites for hydroxylation is 1. The molecule has 0 fully saturated rings. The van der Waals surface area contributed by atoms with Gasteiger partial charge in [-0.2, -0.15) is 8.42 Å². The molecule has 3 aromatic rings. The van der Waals surface area contributed by atoms with Gasteiger partial charge in [0.15, 0.2) is 0 Å². The van der Waals surface area contributed by atoms with Crippen LogP contribution in [0.5, 0.6) is 11.5 Å². The Morgan fingerprint density at radius 3 is 2.18 bits per heavy atom. The molecular formula is C31H38O6S. The minimum absolute atomic E-state index is 0.0266. The third-order valence-electron chi connectivity index (χ3n) is 6.57. The zero-order valence-electron chi connectivity index (χ0n) is 21.8. The summed E-state index contributed by atoms with van der Waals surface area (Å²) in [4.78, 5) is 0. The number of ether oxygens (including phenoxy) is 1. The number of rotatable bonds is 15. The Bertz CT molecular complexity index is 1220. The molecule has 0 bridgehead atoms. The second-order valence-corrected chi connectivity index (χ2v) is 11.2. The third kappa shape index (κ3) is 9.63. The number of unbranched alkanes of at least 4 members (excludes halogenated alkanes) is 2. The molecule has 0 heterocycles. The average Bonchev–Trinajstić information content (AvgIpc) is 2.91.